The van der Waals surface area contributed by atoms with Crippen LogP contribution in [-0.2, 0) is 4.74 Å². The van der Waals surface area contributed by atoms with Crippen molar-refractivity contribution in [2.24, 2.45) is 0 Å². The molecule has 1 atom stereocenters. The Hall–Kier alpha value is -0.120. The molecule has 0 rings (SSSR count). The van der Waals surface area contributed by atoms with Crippen molar-refractivity contribution in [1.82, 2.24) is 0 Å². The Morgan fingerprint density at radius 2 is 1.04 bits per heavy atom. The van der Waals surface area contributed by atoms with Crippen LogP contribution in [-0.4, -0.2) is 36.1 Å². The molecular formula is C21H44O3. The molecule has 0 aliphatic rings. The fraction of sp³-hybridized carbons (Fsp3) is 1.00. The molecule has 3 heteroatoms. The number of hydrogen-bond donors (Lipinski definition) is 2. The van der Waals surface area contributed by atoms with Crippen molar-refractivity contribution in [2.45, 2.75) is 116 Å². The van der Waals surface area contributed by atoms with Gasteiger partial charge in [-0.15, -0.1) is 0 Å². The summed E-state index contributed by atoms with van der Waals surface area (Å²) >= 11 is 0. The van der Waals surface area contributed by atoms with Gasteiger partial charge in [0.05, 0.1) is 13.2 Å². The van der Waals surface area contributed by atoms with Gasteiger partial charge in [-0.25, -0.2) is 0 Å². The highest BCUT2D eigenvalue weighted by atomic mass is 16.6. The maximum Gasteiger partial charge on any atom is 0.104 e. The van der Waals surface area contributed by atoms with Crippen LogP contribution in [0.3, 0.4) is 0 Å². The van der Waals surface area contributed by atoms with Crippen molar-refractivity contribution in [3.63, 3.8) is 0 Å². The molecule has 0 amide bonds. The Bertz CT molecular complexity index is 217. The summed E-state index contributed by atoms with van der Waals surface area (Å²) < 4.78 is 5.36. The first-order valence-electron chi connectivity index (χ1n) is 10.7. The number of aliphatic hydroxyl groups excluding tert-OH is 2. The second-order valence-electron chi connectivity index (χ2n) is 7.16. The van der Waals surface area contributed by atoms with Gasteiger partial charge in [-0.1, -0.05) is 103 Å². The SMILES string of the molecule is CCCCCCCCCCCCCCCCCCOC(CO)[14CH2]O. The van der Waals surface area contributed by atoms with Crippen LogP contribution in [0.1, 0.15) is 110 Å². The maximum absolute atomic E-state index is 8.88. The molecule has 146 valence electrons. The second kappa shape index (κ2) is 20.9. The molecule has 2 N–H and O–H groups in total. The van der Waals surface area contributed by atoms with E-state index in [-0.39, 0.29) is 19.3 Å². The summed E-state index contributed by atoms with van der Waals surface area (Å²) in [7, 11) is 0. The van der Waals surface area contributed by atoms with Gasteiger partial charge in [0.1, 0.15) is 6.10 Å². The van der Waals surface area contributed by atoms with Gasteiger partial charge in [-0.2, -0.15) is 0 Å². The number of ether oxygens (including phenoxy) is 1. The van der Waals surface area contributed by atoms with Crippen LogP contribution in [0.5, 0.6) is 0 Å². The van der Waals surface area contributed by atoms with E-state index in [1.807, 2.05) is 0 Å². The molecule has 0 fully saturated rings. The van der Waals surface area contributed by atoms with Crippen molar-refractivity contribution >= 4 is 0 Å². The average molecular weight is 347 g/mol. The molecule has 0 aliphatic heterocycles. The van der Waals surface area contributed by atoms with E-state index < -0.39 is 0 Å². The molecule has 0 spiro atoms. The third-order valence-corrected chi connectivity index (χ3v) is 4.76. The lowest BCUT2D eigenvalue weighted by Crippen LogP contribution is -2.22. The van der Waals surface area contributed by atoms with Crippen LogP contribution in [0, 0.1) is 0 Å². The lowest BCUT2D eigenvalue weighted by molar-refractivity contribution is -0.0208. The van der Waals surface area contributed by atoms with E-state index in [0.717, 1.165) is 6.42 Å². The van der Waals surface area contributed by atoms with Crippen molar-refractivity contribution < 1.29 is 14.9 Å². The average Bonchev–Trinajstić information content (AvgIpc) is 2.61. The summed E-state index contributed by atoms with van der Waals surface area (Å²) in [5.41, 5.74) is 0. The van der Waals surface area contributed by atoms with Gasteiger partial charge in [-0.05, 0) is 6.42 Å². The third kappa shape index (κ3) is 18.2. The van der Waals surface area contributed by atoms with Crippen LogP contribution in [0.4, 0.5) is 0 Å². The first-order chi connectivity index (χ1) is 11.8. The minimum Gasteiger partial charge on any atom is -0.394 e. The van der Waals surface area contributed by atoms with Crippen molar-refractivity contribution in [2.75, 3.05) is 19.8 Å². The Morgan fingerprint density at radius 1 is 0.667 bits per heavy atom. The number of unbranched alkanes of at least 4 members (excludes halogenated alkanes) is 15. The summed E-state index contributed by atoms with van der Waals surface area (Å²) in [6.45, 7) is 2.76. The predicted molar refractivity (Wildman–Crippen MR) is 103 cm³/mol. The standard InChI is InChI=1S/C21H44O3/c1-2-3-4-5-6-7-8-9-10-11-12-13-14-15-16-17-18-24-21(19-22)20-23/h21-23H,2-20H2,1H3/i19+2. The maximum atomic E-state index is 8.88. The van der Waals surface area contributed by atoms with Gasteiger partial charge >= 0.3 is 0 Å². The number of rotatable bonds is 20. The largest absolute Gasteiger partial charge is 0.394 e. The molecule has 0 saturated heterocycles. The second-order valence-corrected chi connectivity index (χ2v) is 7.16. The summed E-state index contributed by atoms with van der Waals surface area (Å²) in [6, 6.07) is 0. The van der Waals surface area contributed by atoms with E-state index in [0.29, 0.717) is 6.61 Å². The lowest BCUT2D eigenvalue weighted by atomic mass is 10.0. The van der Waals surface area contributed by atoms with Crippen LogP contribution < -0.4 is 0 Å². The van der Waals surface area contributed by atoms with Gasteiger partial charge in [0.25, 0.3) is 0 Å². The van der Waals surface area contributed by atoms with E-state index in [4.69, 9.17) is 14.9 Å². The third-order valence-electron chi connectivity index (χ3n) is 4.76. The van der Waals surface area contributed by atoms with Crippen molar-refractivity contribution in [1.29, 1.82) is 0 Å². The van der Waals surface area contributed by atoms with E-state index in [1.165, 1.54) is 96.3 Å². The van der Waals surface area contributed by atoms with Gasteiger partial charge in [0.15, 0.2) is 0 Å². The molecule has 1 unspecified atom stereocenters. The summed E-state index contributed by atoms with van der Waals surface area (Å²) in [5.74, 6) is 0. The molecule has 3 nitrogen and oxygen atoms in total. The Labute approximate surface area is 151 Å². The van der Waals surface area contributed by atoms with Crippen molar-refractivity contribution in [3.8, 4) is 0 Å². The summed E-state index contributed by atoms with van der Waals surface area (Å²) in [6.07, 6.45) is 21.5. The minimum atomic E-state index is -0.388. The van der Waals surface area contributed by atoms with Crippen LogP contribution in [0.2, 0.25) is 0 Å². The molecule has 0 bridgehead atoms. The molecule has 0 aromatic rings. The Kier molecular flexibility index (Phi) is 20.8. The number of hydrogen-bond acceptors (Lipinski definition) is 3. The predicted octanol–water partition coefficient (Wildman–Crippen LogP) is 5.62. The molecular weight excluding hydrogens is 302 g/mol. The molecule has 0 aliphatic carbocycles. The lowest BCUT2D eigenvalue weighted by Gasteiger charge is -2.11. The minimum absolute atomic E-state index is 0.0879. The Balaban J connectivity index is 3.03. The molecule has 0 radical (unpaired) electrons. The zero-order valence-corrected chi connectivity index (χ0v) is 16.3. The van der Waals surface area contributed by atoms with Crippen LogP contribution >= 0.6 is 0 Å². The fourth-order valence-corrected chi connectivity index (χ4v) is 3.06. The quantitative estimate of drug-likeness (QED) is 0.281. The molecule has 0 heterocycles. The first kappa shape index (κ1) is 23.9. The molecule has 24 heavy (non-hydrogen) atoms. The molecule has 0 aromatic carbocycles. The number of aliphatic hydroxyl groups is 2. The monoisotopic (exact) mass is 346 g/mol. The normalized spacial score (nSPS) is 12.6. The highest BCUT2D eigenvalue weighted by Crippen LogP contribution is 2.13. The molecule has 0 saturated carbocycles. The zero-order valence-electron chi connectivity index (χ0n) is 16.3. The zero-order chi connectivity index (χ0) is 17.7. The first-order valence-corrected chi connectivity index (χ1v) is 10.7. The Morgan fingerprint density at radius 3 is 1.38 bits per heavy atom. The van der Waals surface area contributed by atoms with Crippen molar-refractivity contribution in [3.05, 3.63) is 0 Å². The highest BCUT2D eigenvalue weighted by molar-refractivity contribution is 4.53. The molecule has 0 aromatic heterocycles. The van der Waals surface area contributed by atoms with E-state index >= 15 is 0 Å². The van der Waals surface area contributed by atoms with E-state index in [2.05, 4.69) is 6.92 Å². The van der Waals surface area contributed by atoms with E-state index in [1.54, 1.807) is 0 Å². The smallest absolute Gasteiger partial charge is 0.104 e. The van der Waals surface area contributed by atoms with Crippen LogP contribution in [0.25, 0.3) is 0 Å². The van der Waals surface area contributed by atoms with Gasteiger partial charge in [-0.3, -0.25) is 0 Å². The topological polar surface area (TPSA) is 49.7 Å². The highest BCUT2D eigenvalue weighted by Gasteiger charge is 2.04. The van der Waals surface area contributed by atoms with Gasteiger partial charge in [0, 0.05) is 6.61 Å². The summed E-state index contributed by atoms with van der Waals surface area (Å²) in [5, 5.41) is 17.8. The fourth-order valence-electron chi connectivity index (χ4n) is 3.06. The van der Waals surface area contributed by atoms with E-state index in [9.17, 15) is 0 Å². The van der Waals surface area contributed by atoms with Crippen LogP contribution in [0.15, 0.2) is 0 Å². The van der Waals surface area contributed by atoms with Gasteiger partial charge in [0.2, 0.25) is 0 Å². The van der Waals surface area contributed by atoms with Gasteiger partial charge < -0.3 is 14.9 Å². The summed E-state index contributed by atoms with van der Waals surface area (Å²) in [4.78, 5) is 0.